The Morgan fingerprint density at radius 3 is 2.85 bits per heavy atom. The minimum absolute atomic E-state index is 0.0333. The molecule has 2 heterocycles. The van der Waals surface area contributed by atoms with Crippen molar-refractivity contribution in [2.24, 2.45) is 0 Å². The maximum absolute atomic E-state index is 11.6. The second-order valence-electron chi connectivity index (χ2n) is 3.80. The zero-order valence-corrected chi connectivity index (χ0v) is 10.1. The molecule has 0 saturated heterocycles. The zero-order valence-electron chi connectivity index (χ0n) is 10.1. The molecule has 0 saturated carbocycles. The largest absolute Gasteiger partial charge is 0.393 e. The third-order valence-corrected chi connectivity index (χ3v) is 2.49. The smallest absolute Gasteiger partial charge is 0.263 e. The Bertz CT molecular complexity index is 693. The number of nitrogens with two attached hydrogens (primary N) is 1. The van der Waals surface area contributed by atoms with Crippen molar-refractivity contribution in [3.63, 3.8) is 0 Å². The van der Waals surface area contributed by atoms with E-state index in [0.717, 1.165) is 4.68 Å². The molecule has 10 nitrogen and oxygen atoms in total. The van der Waals surface area contributed by atoms with E-state index in [1.807, 2.05) is 0 Å². The Morgan fingerprint density at radius 1 is 1.50 bits per heavy atom. The SMILES string of the molecule is Nc1nc2c(cnn2[C@H](C=O)O[C@@H](C=O)CO)c(=O)[nH]1. The van der Waals surface area contributed by atoms with Gasteiger partial charge in [-0.25, -0.2) is 4.68 Å². The number of carbonyl (C=O) groups is 2. The molecule has 0 aromatic carbocycles. The molecule has 0 spiro atoms. The van der Waals surface area contributed by atoms with Crippen LogP contribution in [-0.4, -0.2) is 50.1 Å². The molecule has 0 unspecified atom stereocenters. The monoisotopic (exact) mass is 281 g/mol. The van der Waals surface area contributed by atoms with Gasteiger partial charge in [0.25, 0.3) is 5.56 Å². The third kappa shape index (κ3) is 2.41. The number of anilines is 1. The molecule has 106 valence electrons. The van der Waals surface area contributed by atoms with Crippen molar-refractivity contribution in [1.82, 2.24) is 19.7 Å². The molecule has 0 amide bonds. The van der Waals surface area contributed by atoms with Gasteiger partial charge in [0, 0.05) is 0 Å². The number of carbonyl (C=O) groups excluding carboxylic acids is 2. The molecule has 0 aliphatic rings. The number of aliphatic hydroxyl groups excluding tert-OH is 1. The summed E-state index contributed by atoms with van der Waals surface area (Å²) < 4.78 is 6.05. The number of aliphatic hydroxyl groups is 1. The van der Waals surface area contributed by atoms with E-state index in [4.69, 9.17) is 15.6 Å². The summed E-state index contributed by atoms with van der Waals surface area (Å²) in [5.74, 6) is -0.150. The fourth-order valence-electron chi connectivity index (χ4n) is 1.58. The average molecular weight is 281 g/mol. The van der Waals surface area contributed by atoms with Crippen molar-refractivity contribution < 1.29 is 19.4 Å². The van der Waals surface area contributed by atoms with Gasteiger partial charge in [-0.3, -0.25) is 14.6 Å². The normalized spacial score (nSPS) is 14.1. The van der Waals surface area contributed by atoms with E-state index in [1.54, 1.807) is 0 Å². The second kappa shape index (κ2) is 5.59. The number of H-pyrrole nitrogens is 1. The van der Waals surface area contributed by atoms with Gasteiger partial charge in [-0.15, -0.1) is 0 Å². The highest BCUT2D eigenvalue weighted by molar-refractivity contribution is 5.75. The minimum Gasteiger partial charge on any atom is -0.393 e. The van der Waals surface area contributed by atoms with E-state index in [-0.39, 0.29) is 17.0 Å². The number of ether oxygens (including phenoxy) is 1. The van der Waals surface area contributed by atoms with Gasteiger partial charge >= 0.3 is 0 Å². The summed E-state index contributed by atoms with van der Waals surface area (Å²) in [6.45, 7) is -0.594. The number of fused-ring (bicyclic) bond motifs is 1. The van der Waals surface area contributed by atoms with Crippen LogP contribution >= 0.6 is 0 Å². The number of aromatic nitrogens is 4. The van der Waals surface area contributed by atoms with E-state index in [2.05, 4.69) is 15.1 Å². The number of nitrogens with one attached hydrogen (secondary N) is 1. The average Bonchev–Trinajstić information content (AvgIpc) is 2.84. The van der Waals surface area contributed by atoms with Gasteiger partial charge < -0.3 is 20.4 Å². The molecule has 10 heteroatoms. The van der Waals surface area contributed by atoms with E-state index in [1.165, 1.54) is 6.20 Å². The zero-order chi connectivity index (χ0) is 14.7. The van der Waals surface area contributed by atoms with Gasteiger partial charge in [-0.2, -0.15) is 10.1 Å². The molecule has 2 aromatic heterocycles. The number of aldehydes is 2. The van der Waals surface area contributed by atoms with Gasteiger partial charge in [0.1, 0.15) is 11.5 Å². The van der Waals surface area contributed by atoms with Crippen molar-refractivity contribution in [3.8, 4) is 0 Å². The van der Waals surface area contributed by atoms with Gasteiger partial charge in [-0.05, 0) is 0 Å². The Morgan fingerprint density at radius 2 is 2.25 bits per heavy atom. The van der Waals surface area contributed by atoms with Gasteiger partial charge in [0.05, 0.1) is 12.8 Å². The van der Waals surface area contributed by atoms with E-state index in [9.17, 15) is 14.4 Å². The first kappa shape index (κ1) is 13.8. The predicted molar refractivity (Wildman–Crippen MR) is 65.7 cm³/mol. The fraction of sp³-hybridized carbons (Fsp3) is 0.300. The Hall–Kier alpha value is -2.59. The van der Waals surface area contributed by atoms with Gasteiger partial charge in [0.15, 0.2) is 18.2 Å². The topological polar surface area (TPSA) is 153 Å². The van der Waals surface area contributed by atoms with Crippen LogP contribution in [-0.2, 0) is 14.3 Å². The van der Waals surface area contributed by atoms with Gasteiger partial charge in [-0.1, -0.05) is 0 Å². The second-order valence-corrected chi connectivity index (χ2v) is 3.80. The minimum atomic E-state index is -1.32. The van der Waals surface area contributed by atoms with Crippen LogP contribution in [0.2, 0.25) is 0 Å². The van der Waals surface area contributed by atoms with Crippen LogP contribution in [0.4, 0.5) is 5.95 Å². The molecule has 0 fully saturated rings. The van der Waals surface area contributed by atoms with Crippen LogP contribution in [0.1, 0.15) is 6.23 Å². The van der Waals surface area contributed by atoms with Crippen molar-refractivity contribution >= 4 is 29.6 Å². The molecular weight excluding hydrogens is 270 g/mol. The molecule has 0 aliphatic heterocycles. The number of hydrogen-bond acceptors (Lipinski definition) is 8. The molecular formula is C10H11N5O5. The highest BCUT2D eigenvalue weighted by atomic mass is 16.5. The van der Waals surface area contributed by atoms with Crippen molar-refractivity contribution in [2.45, 2.75) is 12.3 Å². The van der Waals surface area contributed by atoms with Crippen LogP contribution in [0.25, 0.3) is 11.0 Å². The Kier molecular flexibility index (Phi) is 3.86. The summed E-state index contributed by atoms with van der Waals surface area (Å²) in [5.41, 5.74) is 4.93. The number of rotatable bonds is 6. The maximum Gasteiger partial charge on any atom is 0.263 e. The summed E-state index contributed by atoms with van der Waals surface area (Å²) in [4.78, 5) is 39.4. The van der Waals surface area contributed by atoms with E-state index in [0.29, 0.717) is 12.6 Å². The number of nitrogen functional groups attached to an aromatic ring is 1. The number of hydrogen-bond donors (Lipinski definition) is 3. The molecule has 0 bridgehead atoms. The first-order chi connectivity index (χ1) is 9.60. The van der Waals surface area contributed by atoms with Crippen LogP contribution in [0.5, 0.6) is 0 Å². The summed E-state index contributed by atoms with van der Waals surface area (Å²) in [6.07, 6.45) is -0.614. The van der Waals surface area contributed by atoms with E-state index >= 15 is 0 Å². The maximum atomic E-state index is 11.6. The van der Waals surface area contributed by atoms with E-state index < -0.39 is 24.5 Å². The van der Waals surface area contributed by atoms with Crippen molar-refractivity contribution in [1.29, 1.82) is 0 Å². The summed E-state index contributed by atoms with van der Waals surface area (Å²) in [5, 5.41) is 12.8. The lowest BCUT2D eigenvalue weighted by molar-refractivity contribution is -0.140. The Labute approximate surface area is 111 Å². The lowest BCUT2D eigenvalue weighted by atomic mass is 10.4. The first-order valence-electron chi connectivity index (χ1n) is 5.50. The van der Waals surface area contributed by atoms with Crippen LogP contribution in [0.3, 0.4) is 0 Å². The third-order valence-electron chi connectivity index (χ3n) is 2.49. The van der Waals surface area contributed by atoms with Crippen molar-refractivity contribution in [3.05, 3.63) is 16.6 Å². The Balaban J connectivity index is 2.47. The molecule has 20 heavy (non-hydrogen) atoms. The summed E-state index contributed by atoms with van der Waals surface area (Å²) in [6, 6.07) is 0. The van der Waals surface area contributed by atoms with Gasteiger partial charge in [0.2, 0.25) is 12.2 Å². The molecule has 2 atom stereocenters. The first-order valence-corrected chi connectivity index (χ1v) is 5.50. The lowest BCUT2D eigenvalue weighted by Crippen LogP contribution is -2.27. The lowest BCUT2D eigenvalue weighted by Gasteiger charge is -2.16. The summed E-state index contributed by atoms with van der Waals surface area (Å²) in [7, 11) is 0. The summed E-state index contributed by atoms with van der Waals surface area (Å²) >= 11 is 0. The van der Waals surface area contributed by atoms with Crippen LogP contribution < -0.4 is 11.3 Å². The fourth-order valence-corrected chi connectivity index (χ4v) is 1.58. The van der Waals surface area contributed by atoms with Crippen molar-refractivity contribution in [2.75, 3.05) is 12.3 Å². The quantitative estimate of drug-likeness (QED) is 0.512. The predicted octanol–water partition coefficient (Wildman–Crippen LogP) is -2.02. The molecule has 2 aromatic rings. The number of nitrogens with zero attached hydrogens (tertiary/aromatic N) is 3. The molecule has 0 aliphatic carbocycles. The highest BCUT2D eigenvalue weighted by Crippen LogP contribution is 2.14. The van der Waals surface area contributed by atoms with Crippen LogP contribution in [0, 0.1) is 0 Å². The molecule has 4 N–H and O–H groups in total. The molecule has 0 radical (unpaired) electrons. The number of aromatic amines is 1. The molecule has 2 rings (SSSR count). The highest BCUT2D eigenvalue weighted by Gasteiger charge is 2.21. The van der Waals surface area contributed by atoms with Crippen LogP contribution in [0.15, 0.2) is 11.0 Å². The standard InChI is InChI=1S/C10H11N5O5/c11-10-13-8-6(9(19)14-10)1-12-15(8)7(4-18)20-5(2-16)3-17/h1-2,4-5,7,17H,3H2,(H3,11,13,14,19)/t5-,7-/m0/s1.